The first kappa shape index (κ1) is 15.5. The summed E-state index contributed by atoms with van der Waals surface area (Å²) in [5, 5.41) is 9.92. The van der Waals surface area contributed by atoms with E-state index in [0.717, 1.165) is 36.1 Å². The van der Waals surface area contributed by atoms with Crippen molar-refractivity contribution in [1.82, 2.24) is 15.5 Å². The van der Waals surface area contributed by atoms with Crippen LogP contribution in [0.2, 0.25) is 0 Å². The van der Waals surface area contributed by atoms with Gasteiger partial charge in [-0.1, -0.05) is 30.3 Å². The van der Waals surface area contributed by atoms with Crippen LogP contribution < -0.4 is 11.1 Å². The lowest BCUT2D eigenvalue weighted by atomic mass is 10.1. The molecule has 5 nitrogen and oxygen atoms in total. The summed E-state index contributed by atoms with van der Waals surface area (Å²) in [6.45, 7) is 0.407. The molecule has 1 unspecified atom stereocenters. The molecule has 0 aliphatic heterocycles. The summed E-state index contributed by atoms with van der Waals surface area (Å²) in [7, 11) is 0. The molecular weight excluding hydrogens is 288 g/mol. The fourth-order valence-corrected chi connectivity index (χ4v) is 2.61. The van der Waals surface area contributed by atoms with E-state index >= 15 is 0 Å². The van der Waals surface area contributed by atoms with Crippen LogP contribution in [0.3, 0.4) is 0 Å². The molecule has 6 heteroatoms. The minimum absolute atomic E-state index is 0. The Morgan fingerprint density at radius 1 is 1.33 bits per heavy atom. The van der Waals surface area contributed by atoms with Crippen molar-refractivity contribution in [3.05, 3.63) is 52.8 Å². The number of amides is 1. The first-order valence-electron chi connectivity index (χ1n) is 6.90. The van der Waals surface area contributed by atoms with Crippen LogP contribution in [0.1, 0.15) is 39.8 Å². The van der Waals surface area contributed by atoms with E-state index < -0.39 is 0 Å². The van der Waals surface area contributed by atoms with Crippen molar-refractivity contribution in [3.63, 3.8) is 0 Å². The van der Waals surface area contributed by atoms with Crippen LogP contribution in [0, 0.1) is 0 Å². The van der Waals surface area contributed by atoms with E-state index in [1.165, 1.54) is 0 Å². The van der Waals surface area contributed by atoms with Crippen molar-refractivity contribution < 1.29 is 4.79 Å². The molecule has 1 aromatic heterocycles. The number of halogens is 1. The highest BCUT2D eigenvalue weighted by Crippen LogP contribution is 2.22. The predicted molar refractivity (Wildman–Crippen MR) is 83.6 cm³/mol. The third-order valence-electron chi connectivity index (χ3n) is 3.73. The highest BCUT2D eigenvalue weighted by atomic mass is 35.5. The van der Waals surface area contributed by atoms with Gasteiger partial charge in [0.2, 0.25) is 0 Å². The van der Waals surface area contributed by atoms with E-state index in [9.17, 15) is 4.79 Å². The second-order valence-corrected chi connectivity index (χ2v) is 5.11. The summed E-state index contributed by atoms with van der Waals surface area (Å²) in [5.74, 6) is -0.143. The third kappa shape index (κ3) is 3.25. The molecule has 0 radical (unpaired) electrons. The highest BCUT2D eigenvalue weighted by molar-refractivity contribution is 5.94. The van der Waals surface area contributed by atoms with Gasteiger partial charge in [0.05, 0.1) is 0 Å². The number of carbonyl (C=O) groups is 1. The van der Waals surface area contributed by atoms with Crippen molar-refractivity contribution in [2.24, 2.45) is 5.73 Å². The highest BCUT2D eigenvalue weighted by Gasteiger charge is 2.23. The second kappa shape index (κ2) is 6.74. The molecule has 1 amide bonds. The van der Waals surface area contributed by atoms with E-state index in [1.807, 2.05) is 30.3 Å². The lowest BCUT2D eigenvalue weighted by Gasteiger charge is -2.12. The monoisotopic (exact) mass is 306 g/mol. The molecule has 1 aromatic carbocycles. The number of nitrogens with zero attached hydrogens (tertiary/aromatic N) is 1. The Labute approximate surface area is 129 Å². The Morgan fingerprint density at radius 2 is 2.10 bits per heavy atom. The topological polar surface area (TPSA) is 83.8 Å². The van der Waals surface area contributed by atoms with E-state index in [1.54, 1.807) is 0 Å². The average molecular weight is 307 g/mol. The van der Waals surface area contributed by atoms with E-state index in [-0.39, 0.29) is 24.4 Å². The number of nitrogens with one attached hydrogen (secondary N) is 2. The summed E-state index contributed by atoms with van der Waals surface area (Å²) in [5.41, 5.74) is 9.77. The van der Waals surface area contributed by atoms with Gasteiger partial charge in [-0.05, 0) is 24.8 Å². The number of aryl methyl sites for hydroxylation is 1. The summed E-state index contributed by atoms with van der Waals surface area (Å²) in [6, 6.07) is 9.55. The zero-order valence-electron chi connectivity index (χ0n) is 11.6. The van der Waals surface area contributed by atoms with Gasteiger partial charge >= 0.3 is 0 Å². The minimum Gasteiger partial charge on any atom is -0.349 e. The van der Waals surface area contributed by atoms with Crippen LogP contribution in [0.5, 0.6) is 0 Å². The third-order valence-corrected chi connectivity index (χ3v) is 3.73. The molecule has 1 aliphatic carbocycles. The maximum Gasteiger partial charge on any atom is 0.272 e. The fraction of sp³-hybridized carbons (Fsp3) is 0.333. The Morgan fingerprint density at radius 3 is 2.86 bits per heavy atom. The van der Waals surface area contributed by atoms with Gasteiger partial charge in [-0.15, -0.1) is 12.4 Å². The van der Waals surface area contributed by atoms with Crippen molar-refractivity contribution in [2.45, 2.75) is 25.3 Å². The number of fused-ring (bicyclic) bond motifs is 1. The summed E-state index contributed by atoms with van der Waals surface area (Å²) >= 11 is 0. The van der Waals surface area contributed by atoms with E-state index in [4.69, 9.17) is 5.73 Å². The Balaban J connectivity index is 0.00000161. The molecule has 3 rings (SSSR count). The van der Waals surface area contributed by atoms with Gasteiger partial charge in [-0.2, -0.15) is 5.10 Å². The molecule has 0 saturated carbocycles. The number of rotatable bonds is 4. The molecule has 21 heavy (non-hydrogen) atoms. The normalized spacial score (nSPS) is 14.1. The SMILES string of the molecule is Cl.NC(CNC(=O)c1n[nH]c2c1CCC2)c1ccccc1. The number of carbonyl (C=O) groups excluding carboxylic acids is 1. The van der Waals surface area contributed by atoms with Crippen molar-refractivity contribution in [3.8, 4) is 0 Å². The smallest absolute Gasteiger partial charge is 0.272 e. The van der Waals surface area contributed by atoms with E-state index in [0.29, 0.717) is 12.2 Å². The molecule has 112 valence electrons. The lowest BCUT2D eigenvalue weighted by Crippen LogP contribution is -2.32. The van der Waals surface area contributed by atoms with E-state index in [2.05, 4.69) is 15.5 Å². The molecule has 0 spiro atoms. The molecule has 0 fully saturated rings. The quantitative estimate of drug-likeness (QED) is 0.804. The molecule has 0 saturated heterocycles. The fourth-order valence-electron chi connectivity index (χ4n) is 2.61. The number of aromatic amines is 1. The number of hydrogen-bond donors (Lipinski definition) is 3. The largest absolute Gasteiger partial charge is 0.349 e. The zero-order valence-corrected chi connectivity index (χ0v) is 12.5. The average Bonchev–Trinajstić information content (AvgIpc) is 3.08. The Bertz CT molecular complexity index is 611. The lowest BCUT2D eigenvalue weighted by molar-refractivity contribution is 0.0945. The van der Waals surface area contributed by atoms with Gasteiger partial charge in [0.1, 0.15) is 0 Å². The van der Waals surface area contributed by atoms with Crippen molar-refractivity contribution in [2.75, 3.05) is 6.54 Å². The summed E-state index contributed by atoms with van der Waals surface area (Å²) in [6.07, 6.45) is 3.01. The van der Waals surface area contributed by atoms with Gasteiger partial charge in [-0.25, -0.2) is 0 Å². The zero-order chi connectivity index (χ0) is 13.9. The van der Waals surface area contributed by atoms with Gasteiger partial charge in [0.25, 0.3) is 5.91 Å². The Hall–Kier alpha value is -1.85. The number of nitrogens with two attached hydrogens (primary N) is 1. The molecule has 1 aliphatic rings. The molecule has 0 bridgehead atoms. The number of benzene rings is 1. The van der Waals surface area contributed by atoms with Crippen LogP contribution in [0.4, 0.5) is 0 Å². The van der Waals surface area contributed by atoms with Gasteiger partial charge < -0.3 is 11.1 Å². The van der Waals surface area contributed by atoms with Crippen LogP contribution in [-0.4, -0.2) is 22.6 Å². The first-order valence-corrected chi connectivity index (χ1v) is 6.90. The van der Waals surface area contributed by atoms with Crippen LogP contribution in [-0.2, 0) is 12.8 Å². The predicted octanol–water partition coefficient (Wildman–Crippen LogP) is 1.75. The van der Waals surface area contributed by atoms with Crippen molar-refractivity contribution in [1.29, 1.82) is 0 Å². The number of hydrogen-bond acceptors (Lipinski definition) is 3. The van der Waals surface area contributed by atoms with Crippen LogP contribution in [0.25, 0.3) is 0 Å². The second-order valence-electron chi connectivity index (χ2n) is 5.11. The van der Waals surface area contributed by atoms with Crippen LogP contribution in [0.15, 0.2) is 30.3 Å². The number of H-pyrrole nitrogens is 1. The van der Waals surface area contributed by atoms with Gasteiger partial charge in [0.15, 0.2) is 5.69 Å². The van der Waals surface area contributed by atoms with Gasteiger partial charge in [0, 0.05) is 23.8 Å². The summed E-state index contributed by atoms with van der Waals surface area (Å²) in [4.78, 5) is 12.2. The van der Waals surface area contributed by atoms with Crippen molar-refractivity contribution >= 4 is 18.3 Å². The standard InChI is InChI=1S/C15H18N4O.ClH/c16-12(10-5-2-1-3-6-10)9-17-15(20)14-11-7-4-8-13(11)18-19-14;/h1-3,5-6,12H,4,7-9,16H2,(H,17,20)(H,18,19);1H. The maximum atomic E-state index is 12.2. The van der Waals surface area contributed by atoms with Crippen LogP contribution >= 0.6 is 12.4 Å². The maximum absolute atomic E-state index is 12.2. The molecular formula is C15H19ClN4O. The van der Waals surface area contributed by atoms with Gasteiger partial charge in [-0.3, -0.25) is 9.89 Å². The molecule has 2 aromatic rings. The Kier molecular flexibility index (Phi) is 4.98. The summed E-state index contributed by atoms with van der Waals surface area (Å²) < 4.78 is 0. The molecule has 4 N–H and O–H groups in total. The number of aromatic nitrogens is 2. The minimum atomic E-state index is -0.202. The first-order chi connectivity index (χ1) is 9.75. The molecule has 1 heterocycles. The molecule has 1 atom stereocenters.